The van der Waals surface area contributed by atoms with Crippen LogP contribution in [0.25, 0.3) is 27.4 Å². The summed E-state index contributed by atoms with van der Waals surface area (Å²) in [5.41, 5.74) is 3.58. The van der Waals surface area contributed by atoms with Crippen LogP contribution >= 0.6 is 0 Å². The van der Waals surface area contributed by atoms with Gasteiger partial charge in [-0.2, -0.15) is 0 Å². The molecule has 3 aliphatic heterocycles. The van der Waals surface area contributed by atoms with E-state index in [1.165, 1.54) is 42.0 Å². The maximum Gasteiger partial charge on any atom is 0.0995 e. The third kappa shape index (κ3) is 4.80. The van der Waals surface area contributed by atoms with Crippen LogP contribution in [0.3, 0.4) is 0 Å². The second-order valence-corrected chi connectivity index (χ2v) is 13.2. The summed E-state index contributed by atoms with van der Waals surface area (Å²) in [6, 6.07) is 11.0. The fourth-order valence-electron chi connectivity index (χ4n) is 8.72. The molecule has 4 aliphatic rings. The predicted molar refractivity (Wildman–Crippen MR) is 170 cm³/mol. The summed E-state index contributed by atoms with van der Waals surface area (Å²) in [6.07, 6.45) is 24.7. The molecule has 3 aromatic rings. The van der Waals surface area contributed by atoms with Crippen molar-refractivity contribution < 1.29 is 5.11 Å². The largest absolute Gasteiger partial charge is 0.384 e. The number of aromatic nitrogens is 2. The first-order chi connectivity index (χ1) is 20.1. The zero-order valence-corrected chi connectivity index (χ0v) is 24.6. The molecule has 0 saturated carbocycles. The lowest BCUT2D eigenvalue weighted by Crippen LogP contribution is -2.64. The van der Waals surface area contributed by atoms with Gasteiger partial charge in [-0.25, -0.2) is 0 Å². The minimum Gasteiger partial charge on any atom is -0.384 e. The lowest BCUT2D eigenvalue weighted by Gasteiger charge is -2.56. The number of piperidine rings is 1. The van der Waals surface area contributed by atoms with Gasteiger partial charge in [0.2, 0.25) is 0 Å². The standard InChI is InChI=1S/C36H46N4O/c1-2-3-4-9-14-26-23-35-25-40-21-13-8-6-5-7-12-19-36(41,34(35)38-26)24-29(30(35)18-22-40)32-33-28(17-20-37-32)27-15-10-11-16-31(27)39-33/h5,7,9-11,14-17,20,24,26,30,34,38-39,41H,2-4,6,8,12-13,18-19,21-23,25H2,1H3/b7-5-,14-9-/t26?,30-,34+,35-,36-/m0/s1. The summed E-state index contributed by atoms with van der Waals surface area (Å²) in [5, 5.41) is 19.3. The number of para-hydroxylation sites is 1. The van der Waals surface area contributed by atoms with Gasteiger partial charge < -0.3 is 20.3 Å². The number of aliphatic hydroxyl groups is 1. The van der Waals surface area contributed by atoms with Crippen LogP contribution in [-0.2, 0) is 0 Å². The molecule has 0 amide bonds. The van der Waals surface area contributed by atoms with Crippen molar-refractivity contribution in [3.8, 4) is 0 Å². The van der Waals surface area contributed by atoms with Crippen LogP contribution in [0, 0.1) is 11.3 Å². The molecule has 216 valence electrons. The van der Waals surface area contributed by atoms with Crippen molar-refractivity contribution >= 4 is 27.4 Å². The molecule has 5 nitrogen and oxygen atoms in total. The zero-order valence-electron chi connectivity index (χ0n) is 24.6. The van der Waals surface area contributed by atoms with E-state index in [0.29, 0.717) is 12.0 Å². The van der Waals surface area contributed by atoms with E-state index < -0.39 is 5.60 Å². The van der Waals surface area contributed by atoms with Gasteiger partial charge in [0.1, 0.15) is 0 Å². The van der Waals surface area contributed by atoms with Crippen LogP contribution in [0.2, 0.25) is 0 Å². The number of fused-ring (bicyclic) bond motifs is 4. The van der Waals surface area contributed by atoms with Crippen molar-refractivity contribution in [3.63, 3.8) is 0 Å². The normalized spacial score (nSPS) is 34.7. The van der Waals surface area contributed by atoms with Crippen molar-refractivity contribution in [1.29, 1.82) is 0 Å². The van der Waals surface area contributed by atoms with Gasteiger partial charge in [0.15, 0.2) is 0 Å². The Hall–Kier alpha value is -2.73. The van der Waals surface area contributed by atoms with E-state index in [0.717, 1.165) is 74.9 Å². The Morgan fingerprint density at radius 2 is 2.00 bits per heavy atom. The fraction of sp³-hybridized carbons (Fsp3) is 0.528. The highest BCUT2D eigenvalue weighted by molar-refractivity contribution is 6.09. The van der Waals surface area contributed by atoms with Crippen molar-refractivity contribution in [2.75, 3.05) is 19.6 Å². The Morgan fingerprint density at radius 1 is 1.10 bits per heavy atom. The lowest BCUT2D eigenvalue weighted by molar-refractivity contribution is -0.0545. The molecule has 7 rings (SSSR count). The number of pyridine rings is 1. The summed E-state index contributed by atoms with van der Waals surface area (Å²) in [4.78, 5) is 11.5. The maximum absolute atomic E-state index is 12.8. The lowest BCUT2D eigenvalue weighted by atomic mass is 9.55. The number of nitrogens with one attached hydrogen (secondary N) is 2. The minimum absolute atomic E-state index is 0.0310. The van der Waals surface area contributed by atoms with E-state index in [2.05, 4.69) is 82.8 Å². The van der Waals surface area contributed by atoms with Gasteiger partial charge in [0, 0.05) is 46.5 Å². The third-order valence-electron chi connectivity index (χ3n) is 10.5. The summed E-state index contributed by atoms with van der Waals surface area (Å²) < 4.78 is 0. The number of rotatable bonds is 5. The molecule has 2 aromatic heterocycles. The van der Waals surface area contributed by atoms with E-state index in [4.69, 9.17) is 4.98 Å². The monoisotopic (exact) mass is 550 g/mol. The number of nitrogens with zero attached hydrogens (tertiary/aromatic N) is 2. The molecule has 3 N–H and O–H groups in total. The molecule has 5 heteroatoms. The molecule has 2 fully saturated rings. The number of allylic oxidation sites excluding steroid dienone is 4. The second kappa shape index (κ2) is 11.2. The molecule has 2 unspecified atom stereocenters. The Morgan fingerprint density at radius 3 is 2.93 bits per heavy atom. The molecular weight excluding hydrogens is 504 g/mol. The van der Waals surface area contributed by atoms with E-state index in [1.807, 2.05) is 6.20 Å². The first-order valence-electron chi connectivity index (χ1n) is 16.2. The van der Waals surface area contributed by atoms with Gasteiger partial charge >= 0.3 is 0 Å². The highest BCUT2D eigenvalue weighted by Gasteiger charge is 2.63. The van der Waals surface area contributed by atoms with E-state index in [9.17, 15) is 5.11 Å². The summed E-state index contributed by atoms with van der Waals surface area (Å²) >= 11 is 0. The van der Waals surface area contributed by atoms with Crippen LogP contribution in [0.1, 0.15) is 76.8 Å². The van der Waals surface area contributed by atoms with Crippen LogP contribution in [-0.4, -0.2) is 57.3 Å². The van der Waals surface area contributed by atoms with Crippen LogP contribution in [0.5, 0.6) is 0 Å². The number of H-pyrrole nitrogens is 1. The van der Waals surface area contributed by atoms with Crippen LogP contribution in [0.4, 0.5) is 0 Å². The molecular formula is C36H46N4O. The van der Waals surface area contributed by atoms with E-state index >= 15 is 0 Å². The van der Waals surface area contributed by atoms with E-state index in [-0.39, 0.29) is 11.5 Å². The molecule has 41 heavy (non-hydrogen) atoms. The Bertz CT molecular complexity index is 1490. The Balaban J connectivity index is 1.37. The minimum atomic E-state index is -0.935. The molecule has 6 atom stereocenters. The quantitative estimate of drug-likeness (QED) is 0.233. The second-order valence-electron chi connectivity index (χ2n) is 13.2. The zero-order chi connectivity index (χ0) is 27.9. The molecule has 1 aromatic carbocycles. The summed E-state index contributed by atoms with van der Waals surface area (Å²) in [5.74, 6) is 0.357. The third-order valence-corrected chi connectivity index (χ3v) is 10.5. The van der Waals surface area contributed by atoms with Crippen LogP contribution < -0.4 is 5.32 Å². The SMILES string of the molecule is CCCC/C=C\C1C[C@]23CN4CCCC/C=C\CC[C@](O)(C=C(c5nccc6c5[nH]c5ccccc56)[C@@H]2CC4)[C@@H]3N1. The summed E-state index contributed by atoms with van der Waals surface area (Å²) in [7, 11) is 0. The van der Waals surface area contributed by atoms with Crippen LogP contribution in [0.15, 0.2) is 66.9 Å². The van der Waals surface area contributed by atoms with Gasteiger partial charge in [-0.05, 0) is 94.2 Å². The summed E-state index contributed by atoms with van der Waals surface area (Å²) in [6.45, 7) is 5.57. The topological polar surface area (TPSA) is 64.2 Å². The number of unbranched alkanes of at least 4 members (excludes halogenated alkanes) is 2. The van der Waals surface area contributed by atoms with Gasteiger partial charge in [-0.1, -0.05) is 62.3 Å². The Kier molecular flexibility index (Phi) is 7.39. The highest BCUT2D eigenvalue weighted by Crippen LogP contribution is 2.58. The number of aromatic amines is 1. The molecule has 1 aliphatic carbocycles. The number of hydrogen-bond acceptors (Lipinski definition) is 4. The molecule has 3 bridgehead atoms. The van der Waals surface area contributed by atoms with Gasteiger partial charge in [-0.3, -0.25) is 4.98 Å². The first-order valence-corrected chi connectivity index (χ1v) is 16.2. The Labute approximate surface area is 244 Å². The smallest absolute Gasteiger partial charge is 0.0995 e. The highest BCUT2D eigenvalue weighted by atomic mass is 16.3. The van der Waals surface area contributed by atoms with Gasteiger partial charge in [0.25, 0.3) is 0 Å². The van der Waals surface area contributed by atoms with Crippen molar-refractivity contribution in [1.82, 2.24) is 20.2 Å². The van der Waals surface area contributed by atoms with Crippen molar-refractivity contribution in [2.24, 2.45) is 11.3 Å². The average molecular weight is 551 g/mol. The van der Waals surface area contributed by atoms with Crippen molar-refractivity contribution in [3.05, 3.63) is 72.6 Å². The molecule has 2 saturated heterocycles. The maximum atomic E-state index is 12.8. The molecule has 1 spiro atoms. The van der Waals surface area contributed by atoms with E-state index in [1.54, 1.807) is 0 Å². The molecule has 0 radical (unpaired) electrons. The average Bonchev–Trinajstić information content (AvgIpc) is 3.55. The fourth-order valence-corrected chi connectivity index (χ4v) is 8.72. The molecule has 5 heterocycles. The predicted octanol–water partition coefficient (Wildman–Crippen LogP) is 7.15. The number of hydrogen-bond donors (Lipinski definition) is 3. The first kappa shape index (κ1) is 27.1. The van der Waals surface area contributed by atoms with Gasteiger partial charge in [0.05, 0.1) is 16.8 Å². The van der Waals surface area contributed by atoms with Crippen molar-refractivity contribution in [2.45, 2.75) is 88.8 Å². The number of benzene rings is 1. The van der Waals surface area contributed by atoms with Gasteiger partial charge in [-0.15, -0.1) is 0 Å².